The van der Waals surface area contributed by atoms with Crippen LogP contribution in [0, 0.1) is 6.92 Å². The van der Waals surface area contributed by atoms with E-state index in [0.29, 0.717) is 6.42 Å². The van der Waals surface area contributed by atoms with Gasteiger partial charge >= 0.3 is 0 Å². The number of benzene rings is 4. The molecule has 4 aromatic rings. The lowest BCUT2D eigenvalue weighted by molar-refractivity contribution is 0.0803. The number of hydrogen-bond donors (Lipinski definition) is 2. The third-order valence-electron chi connectivity index (χ3n) is 9.87. The van der Waals surface area contributed by atoms with E-state index in [2.05, 4.69) is 154 Å². The number of aliphatic hydroxyl groups is 1. The van der Waals surface area contributed by atoms with Gasteiger partial charge in [-0.2, -0.15) is 0 Å². The van der Waals surface area contributed by atoms with Crippen LogP contribution in [0.2, 0.25) is 5.04 Å². The average molecular weight is 607 g/mol. The summed E-state index contributed by atoms with van der Waals surface area (Å²) in [6.07, 6.45) is 1.51. The second-order valence-electron chi connectivity index (χ2n) is 15.8. The molecule has 1 aliphatic carbocycles. The predicted molar refractivity (Wildman–Crippen MR) is 191 cm³/mol. The van der Waals surface area contributed by atoms with E-state index in [1.807, 2.05) is 0 Å². The molecule has 0 unspecified atom stereocenters. The lowest BCUT2D eigenvalue weighted by Gasteiger charge is -2.46. The summed E-state index contributed by atoms with van der Waals surface area (Å²) in [7, 11) is -2.68. The van der Waals surface area contributed by atoms with Crippen molar-refractivity contribution in [1.29, 1.82) is 0 Å². The Kier molecular flexibility index (Phi) is 7.98. The van der Waals surface area contributed by atoms with E-state index in [0.717, 1.165) is 22.4 Å². The molecule has 1 nitrogen and oxygen atoms in total. The van der Waals surface area contributed by atoms with Gasteiger partial charge in [-0.05, 0) is 79.0 Å². The normalized spacial score (nSPS) is 17.7. The summed E-state index contributed by atoms with van der Waals surface area (Å²) >= 11 is 5.48. The van der Waals surface area contributed by atoms with E-state index < -0.39 is 13.7 Å². The van der Waals surface area contributed by atoms with Crippen LogP contribution in [0.4, 0.5) is 0 Å². The molecule has 0 aromatic heterocycles. The van der Waals surface area contributed by atoms with Gasteiger partial charge in [0.15, 0.2) is 8.07 Å². The summed E-state index contributed by atoms with van der Waals surface area (Å²) in [5, 5.41) is 17.0. The van der Waals surface area contributed by atoms with Gasteiger partial charge in [0.1, 0.15) is 5.60 Å². The minimum absolute atomic E-state index is 0.0374. The third kappa shape index (κ3) is 5.26. The van der Waals surface area contributed by atoms with Crippen molar-refractivity contribution in [3.63, 3.8) is 0 Å². The van der Waals surface area contributed by atoms with Crippen molar-refractivity contribution in [2.24, 2.45) is 0 Å². The zero-order chi connectivity index (χ0) is 31.6. The highest BCUT2D eigenvalue weighted by atomic mass is 32.1. The maximum absolute atomic E-state index is 13.0. The van der Waals surface area contributed by atoms with Crippen LogP contribution in [0.15, 0.2) is 89.8 Å². The molecule has 4 aromatic carbocycles. The molecule has 0 aliphatic heterocycles. The van der Waals surface area contributed by atoms with Crippen molar-refractivity contribution in [2.75, 3.05) is 0 Å². The summed E-state index contributed by atoms with van der Waals surface area (Å²) in [4.78, 5) is 0.966. The molecular weight excluding hydrogens is 557 g/mol. The van der Waals surface area contributed by atoms with Gasteiger partial charge in [-0.1, -0.05) is 147 Å². The smallest absolute Gasteiger partial charge is 0.154 e. The van der Waals surface area contributed by atoms with Gasteiger partial charge in [-0.25, -0.2) is 0 Å². The Morgan fingerprint density at radius 2 is 1.16 bits per heavy atom. The van der Waals surface area contributed by atoms with Gasteiger partial charge in [0.05, 0.1) is 0 Å². The number of thiol groups is 1. The zero-order valence-corrected chi connectivity index (χ0v) is 29.8. The second-order valence-corrected chi connectivity index (χ2v) is 21.0. The molecule has 0 spiro atoms. The van der Waals surface area contributed by atoms with Gasteiger partial charge in [-0.15, -0.1) is 12.6 Å². The Bertz CT molecular complexity index is 1560. The van der Waals surface area contributed by atoms with E-state index in [9.17, 15) is 5.11 Å². The number of rotatable bonds is 4. The zero-order valence-electron chi connectivity index (χ0n) is 27.9. The van der Waals surface area contributed by atoms with Gasteiger partial charge < -0.3 is 5.11 Å². The first kappa shape index (κ1) is 31.8. The fraction of sp³-hybridized carbons (Fsp3) is 0.400. The van der Waals surface area contributed by atoms with Crippen LogP contribution in [0.1, 0.15) is 102 Å². The van der Waals surface area contributed by atoms with Gasteiger partial charge in [0, 0.05) is 10.5 Å². The van der Waals surface area contributed by atoms with Crippen LogP contribution in [-0.4, -0.2) is 13.2 Å². The summed E-state index contributed by atoms with van der Waals surface area (Å²) in [6, 6.07) is 31.5. The first-order valence-electron chi connectivity index (χ1n) is 15.8. The SMILES string of the molecule is Cc1cc([Si](c2ccccc2)(c2ccccc2)C(C)(C)C)c(S)c2c1CC[C@@]2(O)c1cc(C(C)(C)C)cc(C(C)(C)C)c1. The standard InChI is InChI=1S/C40H50OSSi/c1-27-23-34(43(39(8,9)10,31-17-13-11-14-18-31)32-19-15-12-16-20-32)36(42)35-33(27)21-22-40(35,41)30-25-28(37(2,3)4)24-29(26-30)38(5,6)7/h11-20,23-26,41-42H,21-22H2,1-10H3/t40-/m1/s1. The maximum Gasteiger partial charge on any atom is 0.154 e. The van der Waals surface area contributed by atoms with Gasteiger partial charge in [0.25, 0.3) is 0 Å². The van der Waals surface area contributed by atoms with Crippen LogP contribution in [0.5, 0.6) is 0 Å². The molecule has 0 bridgehead atoms. The summed E-state index contributed by atoms with van der Waals surface area (Å²) < 4.78 is 0. The number of hydrogen-bond acceptors (Lipinski definition) is 2. The highest BCUT2D eigenvalue weighted by Gasteiger charge is 2.52. The van der Waals surface area contributed by atoms with E-state index in [-0.39, 0.29) is 15.9 Å². The van der Waals surface area contributed by atoms with E-state index in [4.69, 9.17) is 12.6 Å². The molecule has 1 atom stereocenters. The minimum Gasteiger partial charge on any atom is -0.380 e. The molecule has 5 rings (SSSR count). The molecule has 3 heteroatoms. The van der Waals surface area contributed by atoms with Crippen LogP contribution in [0.25, 0.3) is 0 Å². The minimum atomic E-state index is -2.68. The quantitative estimate of drug-likeness (QED) is 0.136. The summed E-state index contributed by atoms with van der Waals surface area (Å²) in [5.74, 6) is 0. The maximum atomic E-state index is 13.0. The topological polar surface area (TPSA) is 20.2 Å². The largest absolute Gasteiger partial charge is 0.380 e. The molecule has 0 saturated heterocycles. The molecule has 1 N–H and O–H groups in total. The average Bonchev–Trinajstić information content (AvgIpc) is 3.30. The van der Waals surface area contributed by atoms with Crippen molar-refractivity contribution in [3.8, 4) is 0 Å². The molecule has 0 radical (unpaired) electrons. The fourth-order valence-electron chi connectivity index (χ4n) is 7.48. The van der Waals surface area contributed by atoms with Crippen molar-refractivity contribution in [1.82, 2.24) is 0 Å². The Morgan fingerprint density at radius 1 is 0.698 bits per heavy atom. The lowest BCUT2D eigenvalue weighted by Crippen LogP contribution is -2.72. The summed E-state index contributed by atoms with van der Waals surface area (Å²) in [5.41, 5.74) is 5.87. The van der Waals surface area contributed by atoms with Crippen LogP contribution >= 0.6 is 12.6 Å². The Balaban J connectivity index is 1.88. The first-order chi connectivity index (χ1) is 19.9. The molecule has 1 aliphatic rings. The van der Waals surface area contributed by atoms with Gasteiger partial charge in [0.2, 0.25) is 0 Å². The monoisotopic (exact) mass is 606 g/mol. The van der Waals surface area contributed by atoms with E-state index in [1.54, 1.807) is 0 Å². The summed E-state index contributed by atoms with van der Waals surface area (Å²) in [6.45, 7) is 23.0. The Morgan fingerprint density at radius 3 is 1.58 bits per heavy atom. The Hall–Kier alpha value is -2.59. The lowest BCUT2D eigenvalue weighted by atomic mass is 9.76. The van der Waals surface area contributed by atoms with Crippen molar-refractivity contribution in [3.05, 3.63) is 118 Å². The molecular formula is C40H50OSSi. The fourth-order valence-corrected chi connectivity index (χ4v) is 14.2. The molecule has 43 heavy (non-hydrogen) atoms. The van der Waals surface area contributed by atoms with E-state index in [1.165, 1.54) is 37.8 Å². The molecule has 0 saturated carbocycles. The number of aryl methyl sites for hydroxylation is 1. The molecule has 0 amide bonds. The van der Waals surface area contributed by atoms with Gasteiger partial charge in [-0.3, -0.25) is 0 Å². The molecule has 226 valence electrons. The van der Waals surface area contributed by atoms with Crippen molar-refractivity contribution < 1.29 is 5.11 Å². The molecule has 0 fully saturated rings. The first-order valence-corrected chi connectivity index (χ1v) is 18.2. The van der Waals surface area contributed by atoms with E-state index >= 15 is 0 Å². The number of fused-ring (bicyclic) bond motifs is 1. The van der Waals surface area contributed by atoms with Crippen LogP contribution in [-0.2, 0) is 22.9 Å². The second kappa shape index (κ2) is 10.8. The highest BCUT2D eigenvalue weighted by molar-refractivity contribution is 7.80. The van der Waals surface area contributed by atoms with Crippen molar-refractivity contribution in [2.45, 2.75) is 108 Å². The van der Waals surface area contributed by atoms with Crippen molar-refractivity contribution >= 4 is 36.3 Å². The van der Waals surface area contributed by atoms with Crippen LogP contribution < -0.4 is 15.6 Å². The van der Waals surface area contributed by atoms with Crippen LogP contribution in [0.3, 0.4) is 0 Å². The highest BCUT2D eigenvalue weighted by Crippen LogP contribution is 2.49. The third-order valence-corrected chi connectivity index (χ3v) is 16.4. The Labute approximate surface area is 267 Å². The molecule has 0 heterocycles. The predicted octanol–water partition coefficient (Wildman–Crippen LogP) is 8.33.